The summed E-state index contributed by atoms with van der Waals surface area (Å²) in [6.45, 7) is 2.05. The highest BCUT2D eigenvalue weighted by atomic mass is 16.5. The zero-order chi connectivity index (χ0) is 18.8. The Balaban J connectivity index is 1.51. The van der Waals surface area contributed by atoms with Crippen molar-refractivity contribution in [1.82, 2.24) is 9.97 Å². The highest BCUT2D eigenvalue weighted by Gasteiger charge is 2.31. The molecule has 1 atom stereocenters. The topological polar surface area (TPSA) is 67.3 Å². The van der Waals surface area contributed by atoms with Crippen LogP contribution in [0.3, 0.4) is 0 Å². The zero-order valence-corrected chi connectivity index (χ0v) is 15.2. The van der Waals surface area contributed by atoms with Crippen molar-refractivity contribution in [1.29, 1.82) is 0 Å². The van der Waals surface area contributed by atoms with Gasteiger partial charge in [0.15, 0.2) is 0 Å². The number of methoxy groups -OCH3 is 1. The van der Waals surface area contributed by atoms with Crippen LogP contribution in [-0.4, -0.2) is 29.0 Å². The maximum atomic E-state index is 12.9. The van der Waals surface area contributed by atoms with E-state index in [1.807, 2.05) is 49.4 Å². The van der Waals surface area contributed by atoms with Crippen LogP contribution in [-0.2, 0) is 6.42 Å². The van der Waals surface area contributed by atoms with Crippen molar-refractivity contribution >= 4 is 23.1 Å². The molecule has 1 aromatic heterocycles. The smallest absolute Gasteiger partial charge is 0.278 e. The van der Waals surface area contributed by atoms with Gasteiger partial charge in [-0.05, 0) is 49.2 Å². The molecule has 0 bridgehead atoms. The Hall–Kier alpha value is -3.41. The number of carbonyl (C=O) groups is 1. The third-order valence-corrected chi connectivity index (χ3v) is 4.66. The first kappa shape index (κ1) is 17.0. The highest BCUT2D eigenvalue weighted by molar-refractivity contribution is 6.06. The number of nitrogens with zero attached hydrogens (tertiary/aromatic N) is 3. The van der Waals surface area contributed by atoms with Crippen LogP contribution >= 0.6 is 0 Å². The van der Waals surface area contributed by atoms with E-state index < -0.39 is 0 Å². The lowest BCUT2D eigenvalue weighted by molar-refractivity contribution is 0.0976. The average molecular weight is 360 g/mol. The Kier molecular flexibility index (Phi) is 4.46. The second-order valence-corrected chi connectivity index (χ2v) is 6.50. The van der Waals surface area contributed by atoms with Crippen LogP contribution in [0.15, 0.2) is 60.9 Å². The molecular formula is C21H20N4O2. The lowest BCUT2D eigenvalue weighted by Crippen LogP contribution is -2.36. The molecule has 3 aromatic rings. The fourth-order valence-corrected chi connectivity index (χ4v) is 3.32. The van der Waals surface area contributed by atoms with E-state index in [2.05, 4.69) is 21.4 Å². The molecule has 0 fully saturated rings. The molecule has 6 heteroatoms. The first-order valence-electron chi connectivity index (χ1n) is 8.80. The minimum atomic E-state index is -0.129. The first-order chi connectivity index (χ1) is 13.2. The molecule has 1 amide bonds. The summed E-state index contributed by atoms with van der Waals surface area (Å²) in [5, 5.41) is 3.16. The molecule has 0 saturated carbocycles. The van der Waals surface area contributed by atoms with Crippen LogP contribution in [0, 0.1) is 0 Å². The summed E-state index contributed by atoms with van der Waals surface area (Å²) in [6.07, 6.45) is 3.94. The van der Waals surface area contributed by atoms with E-state index in [9.17, 15) is 4.79 Å². The second-order valence-electron chi connectivity index (χ2n) is 6.50. The van der Waals surface area contributed by atoms with E-state index in [0.29, 0.717) is 11.5 Å². The van der Waals surface area contributed by atoms with Gasteiger partial charge in [0.1, 0.15) is 17.3 Å². The molecule has 0 aliphatic carbocycles. The standard InChI is InChI=1S/C21H20N4O2/c1-14-11-15-5-3-4-6-19(15)25(14)21(26)18-12-23-20(13-22-18)24-16-7-9-17(27-2)10-8-16/h3-10,12-14H,11H2,1-2H3,(H,23,24). The predicted molar refractivity (Wildman–Crippen MR) is 105 cm³/mol. The molecule has 1 unspecified atom stereocenters. The number of aromatic nitrogens is 2. The quantitative estimate of drug-likeness (QED) is 0.766. The number of anilines is 3. The van der Waals surface area contributed by atoms with Gasteiger partial charge in [-0.2, -0.15) is 0 Å². The van der Waals surface area contributed by atoms with Crippen LogP contribution < -0.4 is 15.0 Å². The summed E-state index contributed by atoms with van der Waals surface area (Å²) >= 11 is 0. The van der Waals surface area contributed by atoms with E-state index in [4.69, 9.17) is 4.74 Å². The van der Waals surface area contributed by atoms with Crippen LogP contribution in [0.25, 0.3) is 0 Å². The SMILES string of the molecule is COc1ccc(Nc2cnc(C(=O)N3c4ccccc4CC3C)cn2)cc1. The summed E-state index contributed by atoms with van der Waals surface area (Å²) in [4.78, 5) is 23.4. The fourth-order valence-electron chi connectivity index (χ4n) is 3.32. The molecule has 136 valence electrons. The van der Waals surface area contributed by atoms with Gasteiger partial charge in [-0.25, -0.2) is 9.97 Å². The van der Waals surface area contributed by atoms with E-state index >= 15 is 0 Å². The second kappa shape index (κ2) is 7.07. The number of nitrogens with one attached hydrogen (secondary N) is 1. The molecule has 1 aliphatic heterocycles. The van der Waals surface area contributed by atoms with Gasteiger partial charge in [-0.3, -0.25) is 4.79 Å². The van der Waals surface area contributed by atoms with Gasteiger partial charge in [0, 0.05) is 17.4 Å². The molecule has 0 saturated heterocycles. The Morgan fingerprint density at radius 2 is 1.89 bits per heavy atom. The summed E-state index contributed by atoms with van der Waals surface area (Å²) in [7, 11) is 1.63. The normalized spacial score (nSPS) is 15.3. The number of para-hydroxylation sites is 1. The molecule has 2 heterocycles. The summed E-state index contributed by atoms with van der Waals surface area (Å²) in [5.74, 6) is 1.23. The summed E-state index contributed by atoms with van der Waals surface area (Å²) < 4.78 is 5.15. The van der Waals surface area contributed by atoms with Crippen LogP contribution in [0.4, 0.5) is 17.2 Å². The average Bonchev–Trinajstić information content (AvgIpc) is 3.04. The van der Waals surface area contributed by atoms with Gasteiger partial charge < -0.3 is 15.0 Å². The highest BCUT2D eigenvalue weighted by Crippen LogP contribution is 2.32. The minimum Gasteiger partial charge on any atom is -0.497 e. The maximum absolute atomic E-state index is 12.9. The van der Waals surface area contributed by atoms with Crippen LogP contribution in [0.2, 0.25) is 0 Å². The zero-order valence-electron chi connectivity index (χ0n) is 15.2. The van der Waals surface area contributed by atoms with E-state index in [1.54, 1.807) is 18.2 Å². The third-order valence-electron chi connectivity index (χ3n) is 4.66. The minimum absolute atomic E-state index is 0.105. The Bertz CT molecular complexity index is 955. The van der Waals surface area contributed by atoms with Crippen molar-refractivity contribution in [3.8, 4) is 5.75 Å². The molecule has 1 aliphatic rings. The van der Waals surface area contributed by atoms with Crippen LogP contribution in [0.1, 0.15) is 23.0 Å². The lowest BCUT2D eigenvalue weighted by atomic mass is 10.1. The van der Waals surface area contributed by atoms with Crippen molar-refractivity contribution in [2.24, 2.45) is 0 Å². The number of fused-ring (bicyclic) bond motifs is 1. The number of hydrogen-bond acceptors (Lipinski definition) is 5. The molecule has 2 aromatic carbocycles. The van der Waals surface area contributed by atoms with Gasteiger partial charge >= 0.3 is 0 Å². The van der Waals surface area contributed by atoms with Gasteiger partial charge in [0.25, 0.3) is 5.91 Å². The van der Waals surface area contributed by atoms with Gasteiger partial charge in [0.05, 0.1) is 19.5 Å². The molecule has 1 N–H and O–H groups in total. The van der Waals surface area contributed by atoms with Crippen molar-refractivity contribution < 1.29 is 9.53 Å². The fraction of sp³-hybridized carbons (Fsp3) is 0.190. The summed E-state index contributed by atoms with van der Waals surface area (Å²) in [5.41, 5.74) is 3.34. The first-order valence-corrected chi connectivity index (χ1v) is 8.80. The van der Waals surface area contributed by atoms with Gasteiger partial charge in [-0.1, -0.05) is 18.2 Å². The molecule has 6 nitrogen and oxygen atoms in total. The molecule has 4 rings (SSSR count). The van der Waals surface area contributed by atoms with E-state index in [1.165, 1.54) is 11.8 Å². The maximum Gasteiger partial charge on any atom is 0.278 e. The monoisotopic (exact) mass is 360 g/mol. The largest absolute Gasteiger partial charge is 0.497 e. The van der Waals surface area contributed by atoms with Crippen molar-refractivity contribution in [3.63, 3.8) is 0 Å². The molecular weight excluding hydrogens is 340 g/mol. The third kappa shape index (κ3) is 3.33. The summed E-state index contributed by atoms with van der Waals surface area (Å²) in [6, 6.07) is 15.6. The van der Waals surface area contributed by atoms with Crippen molar-refractivity contribution in [2.45, 2.75) is 19.4 Å². The molecule has 0 spiro atoms. The van der Waals surface area contributed by atoms with E-state index in [0.717, 1.165) is 23.5 Å². The molecule has 0 radical (unpaired) electrons. The Morgan fingerprint density at radius 1 is 1.11 bits per heavy atom. The lowest BCUT2D eigenvalue weighted by Gasteiger charge is -2.22. The number of ether oxygens (including phenoxy) is 1. The number of benzene rings is 2. The Morgan fingerprint density at radius 3 is 2.59 bits per heavy atom. The predicted octanol–water partition coefficient (Wildman–Crippen LogP) is 3.82. The number of rotatable bonds is 4. The van der Waals surface area contributed by atoms with Crippen molar-refractivity contribution in [3.05, 3.63) is 72.2 Å². The van der Waals surface area contributed by atoms with Crippen LogP contribution in [0.5, 0.6) is 5.75 Å². The number of amides is 1. The van der Waals surface area contributed by atoms with Gasteiger partial charge in [-0.15, -0.1) is 0 Å². The van der Waals surface area contributed by atoms with E-state index in [-0.39, 0.29) is 11.9 Å². The number of hydrogen-bond donors (Lipinski definition) is 1. The Labute approximate surface area is 157 Å². The van der Waals surface area contributed by atoms with Gasteiger partial charge in [0.2, 0.25) is 0 Å². The number of carbonyl (C=O) groups excluding carboxylic acids is 1. The van der Waals surface area contributed by atoms with Crippen molar-refractivity contribution in [2.75, 3.05) is 17.3 Å². The molecule has 27 heavy (non-hydrogen) atoms.